The van der Waals surface area contributed by atoms with Crippen LogP contribution in [0.15, 0.2) is 41.7 Å². The Bertz CT molecular complexity index is 576. The summed E-state index contributed by atoms with van der Waals surface area (Å²) in [5.74, 6) is -1.04. The SMILES string of the molecule is CCOC(=O)C1=C(C)O[C@@H](C(=O)OCC)[C@@H]1c1ccccc1. The lowest BCUT2D eigenvalue weighted by Crippen LogP contribution is -2.30. The molecule has 5 heteroatoms. The van der Waals surface area contributed by atoms with Crippen molar-refractivity contribution in [2.45, 2.75) is 32.8 Å². The van der Waals surface area contributed by atoms with E-state index >= 15 is 0 Å². The molecule has 0 saturated carbocycles. The van der Waals surface area contributed by atoms with Crippen molar-refractivity contribution in [2.75, 3.05) is 13.2 Å². The number of carbonyl (C=O) groups excluding carboxylic acids is 2. The maximum Gasteiger partial charge on any atom is 0.348 e. The van der Waals surface area contributed by atoms with E-state index < -0.39 is 24.0 Å². The lowest BCUT2D eigenvalue weighted by Gasteiger charge is -2.19. The van der Waals surface area contributed by atoms with E-state index in [0.717, 1.165) is 5.56 Å². The van der Waals surface area contributed by atoms with Crippen molar-refractivity contribution in [1.29, 1.82) is 0 Å². The molecule has 0 saturated heterocycles. The van der Waals surface area contributed by atoms with Gasteiger partial charge in [0, 0.05) is 0 Å². The van der Waals surface area contributed by atoms with Gasteiger partial charge in [-0.05, 0) is 26.3 Å². The topological polar surface area (TPSA) is 61.8 Å². The van der Waals surface area contributed by atoms with Crippen LogP contribution in [0, 0.1) is 0 Å². The van der Waals surface area contributed by atoms with Gasteiger partial charge in [0.05, 0.1) is 24.7 Å². The van der Waals surface area contributed by atoms with Crippen LogP contribution in [0.3, 0.4) is 0 Å². The van der Waals surface area contributed by atoms with Crippen LogP contribution in [-0.2, 0) is 23.8 Å². The second-order valence-corrected chi connectivity index (χ2v) is 4.87. The summed E-state index contributed by atoms with van der Waals surface area (Å²) in [5, 5.41) is 0. The summed E-state index contributed by atoms with van der Waals surface area (Å²) in [6, 6.07) is 9.30. The van der Waals surface area contributed by atoms with Crippen LogP contribution in [0.4, 0.5) is 0 Å². The number of carbonyl (C=O) groups is 2. The summed E-state index contributed by atoms with van der Waals surface area (Å²) >= 11 is 0. The summed E-state index contributed by atoms with van der Waals surface area (Å²) in [6.45, 7) is 5.66. The highest BCUT2D eigenvalue weighted by Gasteiger charge is 2.45. The molecule has 2 rings (SSSR count). The van der Waals surface area contributed by atoms with Crippen LogP contribution in [0.25, 0.3) is 0 Å². The molecule has 118 valence electrons. The number of allylic oxidation sites excluding steroid dienone is 1. The standard InChI is InChI=1S/C17H20O5/c1-4-20-16(18)13-11(3)22-15(17(19)21-5-2)14(13)12-9-7-6-8-10-12/h6-10,14-15H,4-5H2,1-3H3/t14-,15-/m1/s1. The quantitative estimate of drug-likeness (QED) is 0.782. The maximum absolute atomic E-state index is 12.3. The van der Waals surface area contributed by atoms with Crippen LogP contribution in [0.5, 0.6) is 0 Å². The molecule has 5 nitrogen and oxygen atoms in total. The molecular weight excluding hydrogens is 284 g/mol. The average Bonchev–Trinajstić information content (AvgIpc) is 2.86. The van der Waals surface area contributed by atoms with Crippen LogP contribution in [0.2, 0.25) is 0 Å². The highest BCUT2D eigenvalue weighted by molar-refractivity contribution is 5.94. The molecule has 1 aliphatic rings. The lowest BCUT2D eigenvalue weighted by molar-refractivity contribution is -0.153. The summed E-state index contributed by atoms with van der Waals surface area (Å²) in [7, 11) is 0. The second-order valence-electron chi connectivity index (χ2n) is 4.87. The van der Waals surface area contributed by atoms with Gasteiger partial charge < -0.3 is 14.2 Å². The monoisotopic (exact) mass is 304 g/mol. The van der Waals surface area contributed by atoms with Gasteiger partial charge in [-0.25, -0.2) is 9.59 Å². The Hall–Kier alpha value is -2.30. The van der Waals surface area contributed by atoms with Crippen LogP contribution >= 0.6 is 0 Å². The van der Waals surface area contributed by atoms with E-state index in [1.807, 2.05) is 30.3 Å². The molecule has 0 fully saturated rings. The molecule has 0 amide bonds. The third-order valence-electron chi connectivity index (χ3n) is 3.47. The van der Waals surface area contributed by atoms with Gasteiger partial charge in [0.25, 0.3) is 0 Å². The van der Waals surface area contributed by atoms with Crippen LogP contribution < -0.4 is 0 Å². The first kappa shape index (κ1) is 16.1. The van der Waals surface area contributed by atoms with E-state index in [1.54, 1.807) is 20.8 Å². The molecule has 0 aromatic heterocycles. The van der Waals surface area contributed by atoms with E-state index in [2.05, 4.69) is 0 Å². The van der Waals surface area contributed by atoms with Gasteiger partial charge >= 0.3 is 11.9 Å². The molecule has 1 heterocycles. The number of ether oxygens (including phenoxy) is 3. The largest absolute Gasteiger partial charge is 0.482 e. The minimum Gasteiger partial charge on any atom is -0.482 e. The average molecular weight is 304 g/mol. The third-order valence-corrected chi connectivity index (χ3v) is 3.47. The first-order valence-electron chi connectivity index (χ1n) is 7.36. The summed E-state index contributed by atoms with van der Waals surface area (Å²) < 4.78 is 15.8. The summed E-state index contributed by atoms with van der Waals surface area (Å²) in [5.41, 5.74) is 1.20. The molecular formula is C17H20O5. The Morgan fingerprint density at radius 2 is 1.73 bits per heavy atom. The normalized spacial score (nSPS) is 20.5. The zero-order chi connectivity index (χ0) is 16.1. The van der Waals surface area contributed by atoms with E-state index in [1.165, 1.54) is 0 Å². The first-order valence-corrected chi connectivity index (χ1v) is 7.36. The first-order chi connectivity index (χ1) is 10.6. The lowest BCUT2D eigenvalue weighted by atomic mass is 9.87. The fourth-order valence-corrected chi connectivity index (χ4v) is 2.58. The zero-order valence-electron chi connectivity index (χ0n) is 13.0. The van der Waals surface area contributed by atoms with Crippen molar-refractivity contribution in [2.24, 2.45) is 0 Å². The summed E-state index contributed by atoms with van der Waals surface area (Å²) in [4.78, 5) is 24.4. The van der Waals surface area contributed by atoms with E-state index in [9.17, 15) is 9.59 Å². The van der Waals surface area contributed by atoms with E-state index in [0.29, 0.717) is 11.3 Å². The Balaban J connectivity index is 2.40. The minimum absolute atomic E-state index is 0.258. The fourth-order valence-electron chi connectivity index (χ4n) is 2.58. The third kappa shape index (κ3) is 3.13. The van der Waals surface area contributed by atoms with Gasteiger partial charge in [0.1, 0.15) is 5.76 Å². The highest BCUT2D eigenvalue weighted by atomic mass is 16.6. The molecule has 0 unspecified atom stereocenters. The molecule has 22 heavy (non-hydrogen) atoms. The van der Waals surface area contributed by atoms with Crippen molar-refractivity contribution < 1.29 is 23.8 Å². The van der Waals surface area contributed by atoms with Crippen molar-refractivity contribution in [3.63, 3.8) is 0 Å². The number of benzene rings is 1. The van der Waals surface area contributed by atoms with E-state index in [-0.39, 0.29) is 13.2 Å². The van der Waals surface area contributed by atoms with Gasteiger partial charge in [0.15, 0.2) is 0 Å². The molecule has 2 atom stereocenters. The van der Waals surface area contributed by atoms with Crippen molar-refractivity contribution in [3.05, 3.63) is 47.2 Å². The van der Waals surface area contributed by atoms with Gasteiger partial charge in [0.2, 0.25) is 6.10 Å². The smallest absolute Gasteiger partial charge is 0.348 e. The molecule has 0 N–H and O–H groups in total. The van der Waals surface area contributed by atoms with E-state index in [4.69, 9.17) is 14.2 Å². The predicted molar refractivity (Wildman–Crippen MR) is 80.0 cm³/mol. The van der Waals surface area contributed by atoms with Crippen molar-refractivity contribution in [3.8, 4) is 0 Å². The number of hydrogen-bond donors (Lipinski definition) is 0. The molecule has 1 aromatic carbocycles. The molecule has 0 bridgehead atoms. The molecule has 0 aliphatic carbocycles. The Morgan fingerprint density at radius 3 is 2.32 bits per heavy atom. The zero-order valence-corrected chi connectivity index (χ0v) is 13.0. The van der Waals surface area contributed by atoms with Gasteiger partial charge in [-0.1, -0.05) is 30.3 Å². The van der Waals surface area contributed by atoms with Crippen molar-refractivity contribution >= 4 is 11.9 Å². The van der Waals surface area contributed by atoms with Gasteiger partial charge in [-0.2, -0.15) is 0 Å². The maximum atomic E-state index is 12.3. The Morgan fingerprint density at radius 1 is 1.09 bits per heavy atom. The van der Waals surface area contributed by atoms with Crippen LogP contribution in [-0.4, -0.2) is 31.3 Å². The Labute approximate surface area is 129 Å². The molecule has 1 aromatic rings. The highest BCUT2D eigenvalue weighted by Crippen LogP contribution is 2.40. The number of rotatable bonds is 5. The van der Waals surface area contributed by atoms with Crippen LogP contribution in [0.1, 0.15) is 32.3 Å². The second kappa shape index (κ2) is 7.11. The van der Waals surface area contributed by atoms with Crippen molar-refractivity contribution in [1.82, 2.24) is 0 Å². The minimum atomic E-state index is -0.859. The Kier molecular flexibility index (Phi) is 5.20. The molecule has 0 radical (unpaired) electrons. The fraction of sp³-hybridized carbons (Fsp3) is 0.412. The van der Waals surface area contributed by atoms with Gasteiger partial charge in [-0.15, -0.1) is 0 Å². The molecule has 1 aliphatic heterocycles. The summed E-state index contributed by atoms with van der Waals surface area (Å²) in [6.07, 6.45) is -0.859. The number of esters is 2. The molecule has 0 spiro atoms. The predicted octanol–water partition coefficient (Wildman–Crippen LogP) is 2.57. The van der Waals surface area contributed by atoms with Gasteiger partial charge in [-0.3, -0.25) is 0 Å². The number of hydrogen-bond acceptors (Lipinski definition) is 5.